The molecule has 0 bridgehead atoms. The van der Waals surface area contributed by atoms with Crippen molar-refractivity contribution in [3.8, 4) is 5.75 Å². The van der Waals surface area contributed by atoms with E-state index in [1.54, 1.807) is 13.3 Å². The van der Waals surface area contributed by atoms with E-state index in [4.69, 9.17) is 16.3 Å². The fourth-order valence-corrected chi connectivity index (χ4v) is 2.72. The highest BCUT2D eigenvalue weighted by molar-refractivity contribution is 6.35. The molecule has 3 aromatic rings. The Labute approximate surface area is 134 Å². The zero-order chi connectivity index (χ0) is 15.7. The molecule has 0 saturated carbocycles. The van der Waals surface area contributed by atoms with Gasteiger partial charge in [0.05, 0.1) is 23.3 Å². The molecule has 0 spiro atoms. The Balaban J connectivity index is 2.17. The van der Waals surface area contributed by atoms with Gasteiger partial charge in [0.15, 0.2) is 0 Å². The molecule has 3 rings (SSSR count). The van der Waals surface area contributed by atoms with Crippen LogP contribution >= 0.6 is 11.6 Å². The zero-order valence-corrected chi connectivity index (χ0v) is 13.4. The number of fused-ring (bicyclic) bond motifs is 1. The van der Waals surface area contributed by atoms with Crippen LogP contribution in [0, 0.1) is 13.8 Å². The van der Waals surface area contributed by atoms with Gasteiger partial charge in [-0.05, 0) is 37.6 Å². The molecule has 0 unspecified atom stereocenters. The topological polar surface area (TPSA) is 47.0 Å². The number of nitrogens with one attached hydrogen (secondary N) is 1. The van der Waals surface area contributed by atoms with Crippen LogP contribution in [0.25, 0.3) is 10.9 Å². The maximum atomic E-state index is 6.38. The highest BCUT2D eigenvalue weighted by atomic mass is 35.5. The first-order valence-electron chi connectivity index (χ1n) is 6.91. The molecule has 0 radical (unpaired) electrons. The van der Waals surface area contributed by atoms with Crippen LogP contribution in [-0.4, -0.2) is 17.1 Å². The van der Waals surface area contributed by atoms with E-state index < -0.39 is 0 Å². The quantitative estimate of drug-likeness (QED) is 0.764. The molecule has 4 nitrogen and oxygen atoms in total. The van der Waals surface area contributed by atoms with Gasteiger partial charge in [0, 0.05) is 22.8 Å². The number of ether oxygens (including phenoxy) is 1. The normalized spacial score (nSPS) is 10.7. The fourth-order valence-electron chi connectivity index (χ4n) is 2.52. The van der Waals surface area contributed by atoms with Gasteiger partial charge in [-0.3, -0.25) is 0 Å². The maximum Gasteiger partial charge on any atom is 0.123 e. The highest BCUT2D eigenvalue weighted by Gasteiger charge is 2.13. The van der Waals surface area contributed by atoms with E-state index in [2.05, 4.69) is 15.3 Å². The SMILES string of the molecule is COc1ccc(C)c(Nc2c(Cl)ccc3cncnc23)c1C. The van der Waals surface area contributed by atoms with E-state index in [0.29, 0.717) is 5.02 Å². The molecule has 0 atom stereocenters. The second kappa shape index (κ2) is 5.81. The molecule has 0 aliphatic heterocycles. The molecular formula is C17H16ClN3O. The first kappa shape index (κ1) is 14.6. The molecule has 5 heteroatoms. The molecule has 0 aliphatic carbocycles. The average Bonchev–Trinajstić information content (AvgIpc) is 2.53. The summed E-state index contributed by atoms with van der Waals surface area (Å²) >= 11 is 6.38. The van der Waals surface area contributed by atoms with Gasteiger partial charge in [0.2, 0.25) is 0 Å². The van der Waals surface area contributed by atoms with Crippen molar-refractivity contribution in [2.75, 3.05) is 12.4 Å². The number of aromatic nitrogens is 2. The van der Waals surface area contributed by atoms with Crippen LogP contribution in [0.4, 0.5) is 11.4 Å². The van der Waals surface area contributed by atoms with Crippen molar-refractivity contribution in [3.63, 3.8) is 0 Å². The first-order chi connectivity index (χ1) is 10.6. The van der Waals surface area contributed by atoms with Gasteiger partial charge in [-0.2, -0.15) is 0 Å². The molecule has 0 saturated heterocycles. The lowest BCUT2D eigenvalue weighted by atomic mass is 10.1. The van der Waals surface area contributed by atoms with Crippen molar-refractivity contribution < 1.29 is 4.74 Å². The molecule has 2 aromatic carbocycles. The van der Waals surface area contributed by atoms with Crippen molar-refractivity contribution in [3.05, 3.63) is 52.9 Å². The molecule has 0 fully saturated rings. The van der Waals surface area contributed by atoms with Crippen molar-refractivity contribution >= 4 is 33.9 Å². The van der Waals surface area contributed by atoms with Crippen LogP contribution < -0.4 is 10.1 Å². The standard InChI is InChI=1S/C17H16ClN3O/c1-10-4-7-14(22-3)11(2)15(10)21-17-13(18)6-5-12-8-19-9-20-16(12)17/h4-9,21H,1-3H3. The highest BCUT2D eigenvalue weighted by Crippen LogP contribution is 2.36. The number of halogens is 1. The molecule has 0 amide bonds. The second-order valence-electron chi connectivity index (χ2n) is 5.09. The third-order valence-electron chi connectivity index (χ3n) is 3.72. The molecule has 1 heterocycles. The Morgan fingerprint density at radius 2 is 1.91 bits per heavy atom. The van der Waals surface area contributed by atoms with Crippen molar-refractivity contribution in [1.82, 2.24) is 9.97 Å². The van der Waals surface area contributed by atoms with Gasteiger partial charge in [0.1, 0.15) is 12.1 Å². The van der Waals surface area contributed by atoms with E-state index in [1.807, 2.05) is 38.1 Å². The number of benzene rings is 2. The van der Waals surface area contributed by atoms with Gasteiger partial charge >= 0.3 is 0 Å². The van der Waals surface area contributed by atoms with E-state index >= 15 is 0 Å². The monoisotopic (exact) mass is 313 g/mol. The lowest BCUT2D eigenvalue weighted by molar-refractivity contribution is 0.412. The van der Waals surface area contributed by atoms with Gasteiger partial charge in [-0.15, -0.1) is 0 Å². The van der Waals surface area contributed by atoms with Gasteiger partial charge < -0.3 is 10.1 Å². The summed E-state index contributed by atoms with van der Waals surface area (Å²) in [5, 5.41) is 4.98. The van der Waals surface area contributed by atoms with Gasteiger partial charge in [-0.1, -0.05) is 17.7 Å². The predicted molar refractivity (Wildman–Crippen MR) is 90.3 cm³/mol. The smallest absolute Gasteiger partial charge is 0.123 e. The number of nitrogens with zero attached hydrogens (tertiary/aromatic N) is 2. The fraction of sp³-hybridized carbons (Fsp3) is 0.176. The number of hydrogen-bond acceptors (Lipinski definition) is 4. The van der Waals surface area contributed by atoms with Gasteiger partial charge in [0.25, 0.3) is 0 Å². The number of anilines is 2. The van der Waals surface area contributed by atoms with Crippen LogP contribution in [0.5, 0.6) is 5.75 Å². The van der Waals surface area contributed by atoms with Crippen molar-refractivity contribution in [1.29, 1.82) is 0 Å². The molecule has 1 N–H and O–H groups in total. The van der Waals surface area contributed by atoms with E-state index in [9.17, 15) is 0 Å². The summed E-state index contributed by atoms with van der Waals surface area (Å²) in [5.41, 5.74) is 4.70. The predicted octanol–water partition coefficient (Wildman–Crippen LogP) is 4.65. The van der Waals surface area contributed by atoms with Crippen molar-refractivity contribution in [2.45, 2.75) is 13.8 Å². The minimum Gasteiger partial charge on any atom is -0.496 e. The van der Waals surface area contributed by atoms with E-state index in [1.165, 1.54) is 6.33 Å². The first-order valence-corrected chi connectivity index (χ1v) is 7.29. The minimum absolute atomic E-state index is 0.618. The Morgan fingerprint density at radius 3 is 2.68 bits per heavy atom. The van der Waals surface area contributed by atoms with Crippen LogP contribution in [-0.2, 0) is 0 Å². The number of aryl methyl sites for hydroxylation is 1. The average molecular weight is 314 g/mol. The molecular weight excluding hydrogens is 298 g/mol. The second-order valence-corrected chi connectivity index (χ2v) is 5.50. The van der Waals surface area contributed by atoms with Crippen LogP contribution in [0.1, 0.15) is 11.1 Å². The lowest BCUT2D eigenvalue weighted by Gasteiger charge is -2.17. The van der Waals surface area contributed by atoms with Crippen molar-refractivity contribution in [2.24, 2.45) is 0 Å². The summed E-state index contributed by atoms with van der Waals surface area (Å²) in [6.45, 7) is 4.06. The Bertz CT molecular complexity index is 849. The van der Waals surface area contributed by atoms with Crippen LogP contribution in [0.2, 0.25) is 5.02 Å². The third-order valence-corrected chi connectivity index (χ3v) is 4.03. The lowest BCUT2D eigenvalue weighted by Crippen LogP contribution is -2.00. The summed E-state index contributed by atoms with van der Waals surface area (Å²) < 4.78 is 5.40. The van der Waals surface area contributed by atoms with Gasteiger partial charge in [-0.25, -0.2) is 9.97 Å². The maximum absolute atomic E-state index is 6.38. The third kappa shape index (κ3) is 2.46. The summed E-state index contributed by atoms with van der Waals surface area (Å²) in [4.78, 5) is 8.40. The molecule has 112 valence electrons. The molecule has 22 heavy (non-hydrogen) atoms. The summed E-state index contributed by atoms with van der Waals surface area (Å²) in [6, 6.07) is 7.74. The number of rotatable bonds is 3. The summed E-state index contributed by atoms with van der Waals surface area (Å²) in [7, 11) is 1.67. The molecule has 0 aliphatic rings. The Morgan fingerprint density at radius 1 is 1.09 bits per heavy atom. The van der Waals surface area contributed by atoms with Crippen LogP contribution in [0.3, 0.4) is 0 Å². The number of hydrogen-bond donors (Lipinski definition) is 1. The Kier molecular flexibility index (Phi) is 3.86. The zero-order valence-electron chi connectivity index (χ0n) is 12.6. The summed E-state index contributed by atoms with van der Waals surface area (Å²) in [6.07, 6.45) is 3.30. The van der Waals surface area contributed by atoms with E-state index in [0.717, 1.165) is 39.2 Å². The minimum atomic E-state index is 0.618. The molecule has 1 aromatic heterocycles. The number of methoxy groups -OCH3 is 1. The summed E-state index contributed by atoms with van der Waals surface area (Å²) in [5.74, 6) is 0.832. The Hall–Kier alpha value is -2.33. The van der Waals surface area contributed by atoms with E-state index in [-0.39, 0.29) is 0 Å². The van der Waals surface area contributed by atoms with Crippen LogP contribution in [0.15, 0.2) is 36.8 Å². The largest absolute Gasteiger partial charge is 0.496 e.